The Hall–Kier alpha value is -1.93. The van der Waals surface area contributed by atoms with Crippen molar-refractivity contribution < 1.29 is 12.8 Å². The van der Waals surface area contributed by atoms with Gasteiger partial charge in [-0.05, 0) is 32.0 Å². The molecule has 0 spiro atoms. The van der Waals surface area contributed by atoms with Crippen LogP contribution in [0.4, 0.5) is 5.82 Å². The molecule has 2 aromatic heterocycles. The van der Waals surface area contributed by atoms with Gasteiger partial charge in [0.25, 0.3) is 0 Å². The van der Waals surface area contributed by atoms with Gasteiger partial charge in [0.2, 0.25) is 10.0 Å². The first-order valence-electron chi connectivity index (χ1n) is 6.07. The highest BCUT2D eigenvalue weighted by atomic mass is 32.2. The van der Waals surface area contributed by atoms with Gasteiger partial charge in [0, 0.05) is 19.3 Å². The molecule has 7 nitrogen and oxygen atoms in total. The second-order valence-corrected chi connectivity index (χ2v) is 5.95. The summed E-state index contributed by atoms with van der Waals surface area (Å²) in [5.41, 5.74) is 0. The Morgan fingerprint density at radius 3 is 2.70 bits per heavy atom. The summed E-state index contributed by atoms with van der Waals surface area (Å²) >= 11 is 0. The Morgan fingerprint density at radius 2 is 2.10 bits per heavy atom. The van der Waals surface area contributed by atoms with Gasteiger partial charge in [0.1, 0.15) is 22.2 Å². The van der Waals surface area contributed by atoms with E-state index in [0.29, 0.717) is 23.9 Å². The van der Waals surface area contributed by atoms with Gasteiger partial charge in [0.05, 0.1) is 0 Å². The molecule has 20 heavy (non-hydrogen) atoms. The Balaban J connectivity index is 1.89. The molecule has 8 heteroatoms. The molecule has 0 radical (unpaired) electrons. The first-order valence-corrected chi connectivity index (χ1v) is 7.55. The van der Waals surface area contributed by atoms with E-state index >= 15 is 0 Å². The van der Waals surface area contributed by atoms with Gasteiger partial charge in [-0.1, -0.05) is 0 Å². The molecule has 0 aliphatic rings. The van der Waals surface area contributed by atoms with Crippen LogP contribution >= 0.6 is 0 Å². The molecule has 0 unspecified atom stereocenters. The first-order chi connectivity index (χ1) is 9.49. The minimum absolute atomic E-state index is 0.175. The van der Waals surface area contributed by atoms with Crippen LogP contribution in [0.1, 0.15) is 11.5 Å². The summed E-state index contributed by atoms with van der Waals surface area (Å²) in [6.07, 6.45) is 1.57. The minimum atomic E-state index is -3.54. The van der Waals surface area contributed by atoms with Gasteiger partial charge in [-0.2, -0.15) is 5.10 Å². The molecule has 2 rings (SSSR count). The van der Waals surface area contributed by atoms with Crippen molar-refractivity contribution in [2.24, 2.45) is 0 Å². The van der Waals surface area contributed by atoms with E-state index in [0.717, 1.165) is 0 Å². The molecule has 108 valence electrons. The van der Waals surface area contributed by atoms with Crippen LogP contribution in [0.3, 0.4) is 0 Å². The molecule has 0 atom stereocenters. The molecule has 0 saturated carbocycles. The molecule has 0 amide bonds. The lowest BCUT2D eigenvalue weighted by atomic mass is 10.4. The zero-order chi connectivity index (χ0) is 14.6. The van der Waals surface area contributed by atoms with Crippen LogP contribution in [0.2, 0.25) is 0 Å². The lowest BCUT2D eigenvalue weighted by Gasteiger charge is -2.07. The Bertz CT molecular complexity index is 667. The topological polar surface area (TPSA) is 97.1 Å². The SMILES string of the molecule is Cc1cc(S(=O)(=O)NCCNc2cccnn2)c(C)o1. The van der Waals surface area contributed by atoms with Crippen LogP contribution in [0.5, 0.6) is 0 Å². The highest BCUT2D eigenvalue weighted by Gasteiger charge is 2.19. The lowest BCUT2D eigenvalue weighted by molar-refractivity contribution is 0.495. The Morgan fingerprint density at radius 1 is 1.30 bits per heavy atom. The molecule has 2 aromatic rings. The van der Waals surface area contributed by atoms with Crippen molar-refractivity contribution in [3.05, 3.63) is 35.9 Å². The van der Waals surface area contributed by atoms with Crippen LogP contribution in [-0.2, 0) is 10.0 Å². The number of hydrogen-bond donors (Lipinski definition) is 2. The van der Waals surface area contributed by atoms with E-state index in [1.54, 1.807) is 32.2 Å². The van der Waals surface area contributed by atoms with E-state index in [2.05, 4.69) is 20.2 Å². The van der Waals surface area contributed by atoms with Gasteiger partial charge in [-0.25, -0.2) is 13.1 Å². The molecule has 0 aromatic carbocycles. The third-order valence-electron chi connectivity index (χ3n) is 2.58. The van der Waals surface area contributed by atoms with E-state index in [1.807, 2.05) is 0 Å². The average Bonchev–Trinajstić information content (AvgIpc) is 2.76. The van der Waals surface area contributed by atoms with Crippen molar-refractivity contribution >= 4 is 15.8 Å². The highest BCUT2D eigenvalue weighted by Crippen LogP contribution is 2.18. The number of nitrogens with zero attached hydrogens (tertiary/aromatic N) is 2. The molecule has 2 heterocycles. The summed E-state index contributed by atoms with van der Waals surface area (Å²) in [7, 11) is -3.54. The summed E-state index contributed by atoms with van der Waals surface area (Å²) < 4.78 is 31.8. The monoisotopic (exact) mass is 296 g/mol. The van der Waals surface area contributed by atoms with Gasteiger partial charge in [-0.3, -0.25) is 0 Å². The maximum atomic E-state index is 12.1. The average molecular weight is 296 g/mol. The summed E-state index contributed by atoms with van der Waals surface area (Å²) in [6.45, 7) is 3.98. The van der Waals surface area contributed by atoms with Crippen molar-refractivity contribution in [1.29, 1.82) is 0 Å². The van der Waals surface area contributed by atoms with Crippen LogP contribution in [0.25, 0.3) is 0 Å². The smallest absolute Gasteiger partial charge is 0.244 e. The van der Waals surface area contributed by atoms with Crippen molar-refractivity contribution in [2.45, 2.75) is 18.7 Å². The van der Waals surface area contributed by atoms with E-state index in [1.165, 1.54) is 6.07 Å². The summed E-state index contributed by atoms with van der Waals surface area (Å²) in [5, 5.41) is 10.5. The van der Waals surface area contributed by atoms with E-state index in [9.17, 15) is 8.42 Å². The third-order valence-corrected chi connectivity index (χ3v) is 4.15. The molecule has 0 saturated heterocycles. The minimum Gasteiger partial charge on any atom is -0.465 e. The van der Waals surface area contributed by atoms with E-state index in [4.69, 9.17) is 4.42 Å². The van der Waals surface area contributed by atoms with Gasteiger partial charge >= 0.3 is 0 Å². The Kier molecular flexibility index (Phi) is 4.35. The summed E-state index contributed by atoms with van der Waals surface area (Å²) in [5.74, 6) is 1.56. The molecule has 0 aliphatic carbocycles. The molecule has 0 fully saturated rings. The number of nitrogens with one attached hydrogen (secondary N) is 2. The summed E-state index contributed by atoms with van der Waals surface area (Å²) in [6, 6.07) is 5.01. The molecule has 0 bridgehead atoms. The largest absolute Gasteiger partial charge is 0.465 e. The van der Waals surface area contributed by atoms with E-state index < -0.39 is 10.0 Å². The van der Waals surface area contributed by atoms with Crippen LogP contribution in [-0.4, -0.2) is 31.7 Å². The predicted molar refractivity (Wildman–Crippen MR) is 73.9 cm³/mol. The zero-order valence-corrected chi connectivity index (χ0v) is 12.1. The number of anilines is 1. The number of furan rings is 1. The number of aromatic nitrogens is 2. The summed E-state index contributed by atoms with van der Waals surface area (Å²) in [4.78, 5) is 0.175. The van der Waals surface area contributed by atoms with Gasteiger partial charge in [0.15, 0.2) is 0 Å². The number of rotatable bonds is 6. The normalized spacial score (nSPS) is 11.5. The second kappa shape index (κ2) is 6.02. The van der Waals surface area contributed by atoms with Crippen molar-refractivity contribution in [3.8, 4) is 0 Å². The fraction of sp³-hybridized carbons (Fsp3) is 0.333. The standard InChI is InChI=1S/C12H16N4O3S/c1-9-8-11(10(2)19-9)20(17,18)15-7-6-13-12-4-3-5-14-16-12/h3-5,8,15H,6-7H2,1-2H3,(H,13,16). The Labute approximate surface area is 117 Å². The molecule has 2 N–H and O–H groups in total. The molecule has 0 aliphatic heterocycles. The van der Waals surface area contributed by atoms with Crippen LogP contribution in [0.15, 0.2) is 33.7 Å². The van der Waals surface area contributed by atoms with Gasteiger partial charge in [-0.15, -0.1) is 5.10 Å². The fourth-order valence-corrected chi connectivity index (χ4v) is 2.99. The lowest BCUT2D eigenvalue weighted by Crippen LogP contribution is -2.29. The zero-order valence-electron chi connectivity index (χ0n) is 11.3. The predicted octanol–water partition coefficient (Wildman–Crippen LogP) is 1.08. The third kappa shape index (κ3) is 3.55. The van der Waals surface area contributed by atoms with E-state index in [-0.39, 0.29) is 11.4 Å². The molecular weight excluding hydrogens is 280 g/mol. The van der Waals surface area contributed by atoms with Crippen molar-refractivity contribution in [1.82, 2.24) is 14.9 Å². The maximum absolute atomic E-state index is 12.1. The highest BCUT2D eigenvalue weighted by molar-refractivity contribution is 7.89. The number of aryl methyl sites for hydroxylation is 2. The maximum Gasteiger partial charge on any atom is 0.244 e. The first kappa shape index (κ1) is 14.5. The second-order valence-electron chi connectivity index (χ2n) is 4.21. The van der Waals surface area contributed by atoms with Crippen LogP contribution < -0.4 is 10.0 Å². The van der Waals surface area contributed by atoms with Gasteiger partial charge < -0.3 is 9.73 Å². The number of hydrogen-bond acceptors (Lipinski definition) is 6. The quantitative estimate of drug-likeness (QED) is 0.774. The number of sulfonamides is 1. The fourth-order valence-electron chi connectivity index (χ4n) is 1.72. The molecular formula is C12H16N4O3S. The van der Waals surface area contributed by atoms with Crippen LogP contribution in [0, 0.1) is 13.8 Å². The van der Waals surface area contributed by atoms with Crippen molar-refractivity contribution in [2.75, 3.05) is 18.4 Å². The van der Waals surface area contributed by atoms with Crippen molar-refractivity contribution in [3.63, 3.8) is 0 Å².